The van der Waals surface area contributed by atoms with Gasteiger partial charge in [-0.3, -0.25) is 9.83 Å². The lowest BCUT2D eigenvalue weighted by Gasteiger charge is -2.35. The Kier molecular flexibility index (Phi) is 4.75. The maximum atomic E-state index is 5.79. The lowest BCUT2D eigenvalue weighted by molar-refractivity contribution is 0.145. The number of para-hydroxylation sites is 1. The highest BCUT2D eigenvalue weighted by Crippen LogP contribution is 2.56. The van der Waals surface area contributed by atoms with Crippen molar-refractivity contribution in [1.29, 1.82) is 0 Å². The number of halogens is 1. The standard InChI is InChI=1S/C18H18BrN3OS2/c1-23-22-15-6-4-3-5-14(15)18(11-20-17(24-2)25-18)16(22)21-13-9-7-12(19)8-10-13/h3-10,16,21H,11H2,1-2H3/t16-,18-/m0/s1. The van der Waals surface area contributed by atoms with E-state index in [1.54, 1.807) is 18.9 Å². The molecule has 1 N–H and O–H groups in total. The second-order valence-corrected chi connectivity index (χ2v) is 9.15. The van der Waals surface area contributed by atoms with Gasteiger partial charge in [-0.05, 0) is 36.6 Å². The molecule has 2 aliphatic rings. The Morgan fingerprint density at radius 1 is 1.28 bits per heavy atom. The van der Waals surface area contributed by atoms with Crippen molar-refractivity contribution in [2.24, 2.45) is 4.99 Å². The SMILES string of the molecule is CON1c2ccccc2[C@@]2(CN=C(SC)S2)[C@H]1Nc1ccc(Br)cc1. The first-order chi connectivity index (χ1) is 12.2. The monoisotopic (exact) mass is 435 g/mol. The Labute approximate surface area is 164 Å². The van der Waals surface area contributed by atoms with Crippen LogP contribution in [0.4, 0.5) is 11.4 Å². The Bertz CT molecular complexity index is 814. The zero-order chi connectivity index (χ0) is 17.4. The van der Waals surface area contributed by atoms with Crippen LogP contribution in [-0.2, 0) is 9.58 Å². The largest absolute Gasteiger partial charge is 0.362 e. The van der Waals surface area contributed by atoms with Crippen LogP contribution in [0.15, 0.2) is 58.0 Å². The van der Waals surface area contributed by atoms with Crippen LogP contribution < -0.4 is 10.4 Å². The normalized spacial score (nSPS) is 24.5. The van der Waals surface area contributed by atoms with Gasteiger partial charge < -0.3 is 5.32 Å². The minimum atomic E-state index is -0.196. The molecule has 0 saturated heterocycles. The molecule has 2 aliphatic heterocycles. The van der Waals surface area contributed by atoms with Crippen LogP contribution in [0, 0.1) is 0 Å². The van der Waals surface area contributed by atoms with E-state index in [1.165, 1.54) is 5.56 Å². The van der Waals surface area contributed by atoms with E-state index in [1.807, 2.05) is 29.0 Å². The molecule has 0 saturated carbocycles. The van der Waals surface area contributed by atoms with Crippen LogP contribution in [0.2, 0.25) is 0 Å². The van der Waals surface area contributed by atoms with Gasteiger partial charge in [0, 0.05) is 15.7 Å². The predicted octanol–water partition coefficient (Wildman–Crippen LogP) is 4.93. The van der Waals surface area contributed by atoms with Crippen molar-refractivity contribution in [3.8, 4) is 0 Å². The molecular formula is C18H18BrN3OS2. The number of anilines is 2. The van der Waals surface area contributed by atoms with E-state index in [2.05, 4.69) is 63.9 Å². The third-order valence-corrected chi connectivity index (χ3v) is 7.50. The highest BCUT2D eigenvalue weighted by atomic mass is 79.9. The van der Waals surface area contributed by atoms with Gasteiger partial charge in [0.25, 0.3) is 0 Å². The molecule has 0 fully saturated rings. The molecule has 0 amide bonds. The number of rotatable bonds is 3. The molecule has 2 aromatic carbocycles. The summed E-state index contributed by atoms with van der Waals surface area (Å²) in [6.45, 7) is 0.735. The molecular weight excluding hydrogens is 418 g/mol. The number of nitrogens with zero attached hydrogens (tertiary/aromatic N) is 2. The average Bonchev–Trinajstić information content (AvgIpc) is 3.18. The maximum absolute atomic E-state index is 5.79. The van der Waals surface area contributed by atoms with Crippen LogP contribution in [0.3, 0.4) is 0 Å². The fraction of sp³-hybridized carbons (Fsp3) is 0.278. The fourth-order valence-electron chi connectivity index (χ4n) is 3.37. The fourth-order valence-corrected chi connectivity index (χ4v) is 5.73. The zero-order valence-electron chi connectivity index (χ0n) is 13.9. The van der Waals surface area contributed by atoms with Gasteiger partial charge in [0.15, 0.2) is 0 Å². The van der Waals surface area contributed by atoms with E-state index in [4.69, 9.17) is 9.83 Å². The number of hydrogen-bond acceptors (Lipinski definition) is 6. The van der Waals surface area contributed by atoms with Gasteiger partial charge in [0.1, 0.15) is 15.3 Å². The molecule has 0 bridgehead atoms. The quantitative estimate of drug-likeness (QED) is 0.739. The maximum Gasteiger partial charge on any atom is 0.146 e. The number of fused-ring (bicyclic) bond motifs is 2. The molecule has 7 heteroatoms. The van der Waals surface area contributed by atoms with Crippen molar-refractivity contribution in [2.75, 3.05) is 30.3 Å². The van der Waals surface area contributed by atoms with Crippen molar-refractivity contribution in [3.05, 3.63) is 58.6 Å². The first kappa shape index (κ1) is 17.3. The van der Waals surface area contributed by atoms with Crippen LogP contribution in [0.1, 0.15) is 5.56 Å². The number of nitrogens with one attached hydrogen (secondary N) is 1. The van der Waals surface area contributed by atoms with Gasteiger partial charge in [-0.1, -0.05) is 45.9 Å². The summed E-state index contributed by atoms with van der Waals surface area (Å²) in [7, 11) is 1.72. The van der Waals surface area contributed by atoms with Crippen LogP contribution in [-0.4, -0.2) is 30.5 Å². The molecule has 0 unspecified atom stereocenters. The molecule has 0 aromatic heterocycles. The topological polar surface area (TPSA) is 36.9 Å². The van der Waals surface area contributed by atoms with Crippen molar-refractivity contribution < 1.29 is 4.84 Å². The van der Waals surface area contributed by atoms with Gasteiger partial charge in [-0.25, -0.2) is 5.06 Å². The van der Waals surface area contributed by atoms with E-state index < -0.39 is 0 Å². The van der Waals surface area contributed by atoms with Crippen molar-refractivity contribution >= 4 is 55.2 Å². The van der Waals surface area contributed by atoms with Crippen LogP contribution >= 0.6 is 39.5 Å². The Morgan fingerprint density at radius 2 is 2.04 bits per heavy atom. The van der Waals surface area contributed by atoms with Crippen molar-refractivity contribution in [1.82, 2.24) is 0 Å². The summed E-state index contributed by atoms with van der Waals surface area (Å²) in [6.07, 6.45) is 2.03. The van der Waals surface area contributed by atoms with Gasteiger partial charge in [0.2, 0.25) is 0 Å². The van der Waals surface area contributed by atoms with Crippen LogP contribution in [0.5, 0.6) is 0 Å². The van der Waals surface area contributed by atoms with E-state index in [9.17, 15) is 0 Å². The highest BCUT2D eigenvalue weighted by Gasteiger charge is 2.55. The van der Waals surface area contributed by atoms with Gasteiger partial charge in [-0.2, -0.15) is 0 Å². The van der Waals surface area contributed by atoms with Crippen molar-refractivity contribution in [3.63, 3.8) is 0 Å². The molecule has 2 heterocycles. The average molecular weight is 436 g/mol. The van der Waals surface area contributed by atoms with Gasteiger partial charge in [0.05, 0.1) is 19.3 Å². The van der Waals surface area contributed by atoms with E-state index in [0.717, 1.165) is 26.8 Å². The molecule has 4 rings (SSSR count). The molecule has 4 nitrogen and oxygen atoms in total. The number of hydrogen-bond donors (Lipinski definition) is 1. The second-order valence-electron chi connectivity index (χ2n) is 5.86. The summed E-state index contributed by atoms with van der Waals surface area (Å²) in [4.78, 5) is 10.6. The summed E-state index contributed by atoms with van der Waals surface area (Å²) >= 11 is 7.03. The molecule has 130 valence electrons. The number of benzene rings is 2. The Balaban J connectivity index is 1.76. The van der Waals surface area contributed by atoms with E-state index in [-0.39, 0.29) is 10.9 Å². The number of thioether (sulfide) groups is 2. The zero-order valence-corrected chi connectivity index (χ0v) is 17.1. The third-order valence-electron chi connectivity index (χ3n) is 4.51. The van der Waals surface area contributed by atoms with Crippen molar-refractivity contribution in [2.45, 2.75) is 10.9 Å². The minimum absolute atomic E-state index is 0.0468. The summed E-state index contributed by atoms with van der Waals surface area (Å²) in [5.74, 6) is 0. The Hall–Kier alpha value is -1.15. The Morgan fingerprint density at radius 3 is 2.72 bits per heavy atom. The summed E-state index contributed by atoms with van der Waals surface area (Å²) < 4.78 is 1.99. The smallest absolute Gasteiger partial charge is 0.146 e. The lowest BCUT2D eigenvalue weighted by atomic mass is 9.97. The molecule has 0 aliphatic carbocycles. The molecule has 2 aromatic rings. The minimum Gasteiger partial charge on any atom is -0.362 e. The second kappa shape index (κ2) is 6.87. The molecule has 2 atom stereocenters. The first-order valence-corrected chi connectivity index (χ1v) is 10.7. The third kappa shape index (κ3) is 2.87. The van der Waals surface area contributed by atoms with E-state index >= 15 is 0 Å². The number of hydroxylamine groups is 1. The summed E-state index contributed by atoms with van der Waals surface area (Å²) in [5, 5.41) is 5.65. The number of aliphatic imine (C=N–C) groups is 1. The summed E-state index contributed by atoms with van der Waals surface area (Å²) in [5.41, 5.74) is 3.43. The molecule has 25 heavy (non-hydrogen) atoms. The predicted molar refractivity (Wildman–Crippen MR) is 113 cm³/mol. The molecule has 0 radical (unpaired) electrons. The summed E-state index contributed by atoms with van der Waals surface area (Å²) in [6, 6.07) is 16.7. The van der Waals surface area contributed by atoms with Gasteiger partial charge >= 0.3 is 0 Å². The first-order valence-electron chi connectivity index (χ1n) is 7.90. The van der Waals surface area contributed by atoms with E-state index in [0.29, 0.717) is 0 Å². The van der Waals surface area contributed by atoms with Crippen LogP contribution in [0.25, 0.3) is 0 Å². The highest BCUT2D eigenvalue weighted by molar-refractivity contribution is 9.10. The van der Waals surface area contributed by atoms with Gasteiger partial charge in [-0.15, -0.1) is 11.8 Å². The molecule has 1 spiro atoms. The lowest BCUT2D eigenvalue weighted by Crippen LogP contribution is -2.48.